The second-order valence-corrected chi connectivity index (χ2v) is 11.0. The number of carbonyl (C=O) groups excluding carboxylic acids is 2. The van der Waals surface area contributed by atoms with Crippen molar-refractivity contribution in [2.45, 2.75) is 83.4 Å². The van der Waals surface area contributed by atoms with Crippen molar-refractivity contribution in [3.8, 4) is 11.3 Å². The van der Waals surface area contributed by atoms with Crippen molar-refractivity contribution >= 4 is 40.4 Å². The maximum Gasteiger partial charge on any atom is 0.261 e. The number of fused-ring (bicyclic) bond motifs is 5. The first-order valence-corrected chi connectivity index (χ1v) is 14.7. The Hall–Kier alpha value is -2.81. The maximum atomic E-state index is 12.9. The molecule has 204 valence electrons. The molecule has 3 N–H and O–H groups in total. The number of rotatable bonds is 4. The van der Waals surface area contributed by atoms with Gasteiger partial charge >= 0.3 is 0 Å². The summed E-state index contributed by atoms with van der Waals surface area (Å²) in [6.45, 7) is 6.99. The Bertz CT molecular complexity index is 1280. The Morgan fingerprint density at radius 2 is 1.66 bits per heavy atom. The van der Waals surface area contributed by atoms with E-state index in [1.54, 1.807) is 18.9 Å². The number of hydrogen-bond donors (Lipinski definition) is 3. The van der Waals surface area contributed by atoms with Gasteiger partial charge in [0.1, 0.15) is 0 Å². The quantitative estimate of drug-likeness (QED) is 0.184. The average molecular weight is 538 g/mol. The van der Waals surface area contributed by atoms with Crippen LogP contribution in [0.15, 0.2) is 42.5 Å². The summed E-state index contributed by atoms with van der Waals surface area (Å²) in [5, 5.41) is 13.8. The van der Waals surface area contributed by atoms with E-state index in [2.05, 4.69) is 39.6 Å². The first-order valence-electron chi connectivity index (χ1n) is 13.8. The molecule has 2 amide bonds. The van der Waals surface area contributed by atoms with Gasteiger partial charge in [-0.25, -0.2) is 0 Å². The van der Waals surface area contributed by atoms with Crippen molar-refractivity contribution in [2.24, 2.45) is 0 Å². The fourth-order valence-corrected chi connectivity index (χ4v) is 6.55. The van der Waals surface area contributed by atoms with Gasteiger partial charge in [-0.1, -0.05) is 57.4 Å². The summed E-state index contributed by atoms with van der Waals surface area (Å²) >= 11 is 1.55. The molecule has 38 heavy (non-hydrogen) atoms. The molecule has 2 aliphatic carbocycles. The van der Waals surface area contributed by atoms with Crippen LogP contribution >= 0.6 is 11.9 Å². The van der Waals surface area contributed by atoms with Crippen molar-refractivity contribution in [3.05, 3.63) is 53.6 Å². The summed E-state index contributed by atoms with van der Waals surface area (Å²) in [7, 11) is 0. The Balaban J connectivity index is 0.000000804. The summed E-state index contributed by atoms with van der Waals surface area (Å²) in [5.41, 5.74) is 6.59. The summed E-state index contributed by atoms with van der Waals surface area (Å²) in [6.07, 6.45) is 8.60. The number of anilines is 1. The number of aromatic nitrogens is 1. The summed E-state index contributed by atoms with van der Waals surface area (Å²) in [6, 6.07) is 14.6. The third kappa shape index (κ3) is 5.63. The first-order chi connectivity index (χ1) is 18.6. The van der Waals surface area contributed by atoms with E-state index in [1.807, 2.05) is 30.9 Å². The minimum absolute atomic E-state index is 0.0204. The molecule has 0 radical (unpaired) electrons. The predicted octanol–water partition coefficient (Wildman–Crippen LogP) is 7.31. The van der Waals surface area contributed by atoms with Gasteiger partial charge < -0.3 is 9.47 Å². The molecule has 2 fully saturated rings. The molecule has 0 spiro atoms. The van der Waals surface area contributed by atoms with Gasteiger partial charge in [0, 0.05) is 47.3 Å². The van der Waals surface area contributed by atoms with Crippen LogP contribution in [0.2, 0.25) is 0 Å². The molecule has 0 bridgehead atoms. The molecule has 1 aromatic heterocycles. The SMILES string of the molecule is CC.CC(=O)N1CCn2c(c(C3CCCCC3)c3ccc(C(=O)NSC4CC4)cc32)-c2ccccc21.OO. The highest BCUT2D eigenvalue weighted by Crippen LogP contribution is 2.47. The van der Waals surface area contributed by atoms with E-state index in [0.29, 0.717) is 29.8 Å². The second-order valence-electron chi connectivity index (χ2n) is 9.92. The molecule has 2 aromatic carbocycles. The third-order valence-electron chi connectivity index (χ3n) is 7.60. The molecule has 3 aliphatic rings. The number of benzene rings is 2. The highest BCUT2D eigenvalue weighted by molar-refractivity contribution is 7.98. The molecule has 1 aliphatic heterocycles. The van der Waals surface area contributed by atoms with E-state index in [1.165, 1.54) is 61.6 Å². The van der Waals surface area contributed by atoms with Crippen molar-refractivity contribution < 1.29 is 20.1 Å². The lowest BCUT2D eigenvalue weighted by Crippen LogP contribution is -2.30. The lowest BCUT2D eigenvalue weighted by Gasteiger charge is -2.24. The van der Waals surface area contributed by atoms with Crippen LogP contribution in [-0.2, 0) is 11.3 Å². The molecule has 2 saturated carbocycles. The zero-order chi connectivity index (χ0) is 27.2. The Morgan fingerprint density at radius 1 is 0.947 bits per heavy atom. The van der Waals surface area contributed by atoms with Crippen LogP contribution in [0.1, 0.15) is 87.6 Å². The standard InChI is InChI=1S/C28H31N3O2S.C2H6.H2O2/c1-18(32)30-15-16-31-25-17-20(28(33)29-34-21-12-13-21)11-14-22(25)26(19-7-3-2-4-8-19)27(31)23-9-5-6-10-24(23)30;2*1-2/h5-6,9-11,14,17,19,21H,2-4,7-8,12-13,15-16H2,1H3,(H,29,33);1-2H3;1-2H. The van der Waals surface area contributed by atoms with Crippen LogP contribution in [0.4, 0.5) is 5.69 Å². The van der Waals surface area contributed by atoms with E-state index >= 15 is 0 Å². The van der Waals surface area contributed by atoms with Gasteiger partial charge in [-0.15, -0.1) is 0 Å². The molecule has 6 rings (SSSR count). The fourth-order valence-electron chi connectivity index (χ4n) is 5.78. The number of nitrogens with one attached hydrogen (secondary N) is 1. The number of nitrogens with zero attached hydrogens (tertiary/aromatic N) is 2. The van der Waals surface area contributed by atoms with Gasteiger partial charge in [0.05, 0.1) is 11.4 Å². The molecule has 0 saturated heterocycles. The van der Waals surface area contributed by atoms with Crippen molar-refractivity contribution in [1.82, 2.24) is 9.29 Å². The van der Waals surface area contributed by atoms with Gasteiger partial charge in [-0.05, 0) is 67.3 Å². The lowest BCUT2D eigenvalue weighted by atomic mass is 9.81. The zero-order valence-corrected chi connectivity index (χ0v) is 23.4. The smallest absolute Gasteiger partial charge is 0.261 e. The molecular formula is C30H39N3O4S. The molecule has 8 heteroatoms. The number of para-hydroxylation sites is 1. The molecule has 7 nitrogen and oxygen atoms in total. The van der Waals surface area contributed by atoms with Gasteiger partial charge in [-0.3, -0.25) is 24.8 Å². The first kappa shape index (κ1) is 28.2. The van der Waals surface area contributed by atoms with Crippen LogP contribution in [0.5, 0.6) is 0 Å². The molecular weight excluding hydrogens is 498 g/mol. The zero-order valence-electron chi connectivity index (χ0n) is 22.6. The minimum Gasteiger partial charge on any atom is -0.338 e. The average Bonchev–Trinajstić information content (AvgIpc) is 3.77. The van der Waals surface area contributed by atoms with Crippen LogP contribution in [0.25, 0.3) is 22.2 Å². The van der Waals surface area contributed by atoms with Gasteiger partial charge in [0.15, 0.2) is 0 Å². The molecule has 2 heterocycles. The lowest BCUT2D eigenvalue weighted by molar-refractivity contribution is -0.176. The van der Waals surface area contributed by atoms with Crippen LogP contribution in [0, 0.1) is 0 Å². The van der Waals surface area contributed by atoms with Crippen molar-refractivity contribution in [1.29, 1.82) is 0 Å². The number of amides is 2. The largest absolute Gasteiger partial charge is 0.338 e. The fraction of sp³-hybridized carbons (Fsp3) is 0.467. The van der Waals surface area contributed by atoms with Crippen LogP contribution < -0.4 is 9.62 Å². The third-order valence-corrected chi connectivity index (χ3v) is 8.71. The Kier molecular flexibility index (Phi) is 9.52. The van der Waals surface area contributed by atoms with E-state index in [-0.39, 0.29) is 11.8 Å². The van der Waals surface area contributed by atoms with E-state index < -0.39 is 0 Å². The summed E-state index contributed by atoms with van der Waals surface area (Å²) in [4.78, 5) is 27.4. The Labute approximate surface area is 229 Å². The highest BCUT2D eigenvalue weighted by Gasteiger charge is 2.31. The van der Waals surface area contributed by atoms with Gasteiger partial charge in [-0.2, -0.15) is 0 Å². The van der Waals surface area contributed by atoms with Crippen molar-refractivity contribution in [3.63, 3.8) is 0 Å². The Morgan fingerprint density at radius 3 is 2.34 bits per heavy atom. The predicted molar refractivity (Wildman–Crippen MR) is 156 cm³/mol. The second kappa shape index (κ2) is 12.8. The number of carbonyl (C=O) groups is 2. The molecule has 0 atom stereocenters. The minimum atomic E-state index is -0.0204. The van der Waals surface area contributed by atoms with Crippen LogP contribution in [0.3, 0.4) is 0 Å². The van der Waals surface area contributed by atoms with Crippen LogP contribution in [-0.4, -0.2) is 38.7 Å². The van der Waals surface area contributed by atoms with Gasteiger partial charge in [0.2, 0.25) is 5.91 Å². The van der Waals surface area contributed by atoms with Crippen molar-refractivity contribution in [2.75, 3.05) is 11.4 Å². The molecule has 3 aromatic rings. The highest BCUT2D eigenvalue weighted by atomic mass is 32.2. The number of hydrogen-bond acceptors (Lipinski definition) is 5. The maximum absolute atomic E-state index is 12.9. The monoisotopic (exact) mass is 537 g/mol. The summed E-state index contributed by atoms with van der Waals surface area (Å²) < 4.78 is 5.42. The van der Waals surface area contributed by atoms with E-state index in [9.17, 15) is 9.59 Å². The normalized spacial score (nSPS) is 16.7. The van der Waals surface area contributed by atoms with E-state index in [4.69, 9.17) is 10.5 Å². The van der Waals surface area contributed by atoms with E-state index in [0.717, 1.165) is 16.8 Å². The molecule has 0 unspecified atom stereocenters. The summed E-state index contributed by atoms with van der Waals surface area (Å²) in [5.74, 6) is 0.557. The topological polar surface area (TPSA) is 94.8 Å². The van der Waals surface area contributed by atoms with Gasteiger partial charge in [0.25, 0.3) is 5.91 Å².